The molecule has 0 fully saturated rings. The Morgan fingerprint density at radius 1 is 1.57 bits per heavy atom. The first-order chi connectivity index (χ1) is 6.65. The second kappa shape index (κ2) is 4.96. The third-order valence-corrected chi connectivity index (χ3v) is 2.12. The summed E-state index contributed by atoms with van der Waals surface area (Å²) < 4.78 is 0. The molecule has 1 rings (SSSR count). The molecule has 0 bridgehead atoms. The fraction of sp³-hybridized carbons (Fsp3) is 0.545. The largest absolute Gasteiger partial charge is 0.389 e. The maximum atomic E-state index is 9.35. The number of rotatable bonds is 4. The fourth-order valence-electron chi connectivity index (χ4n) is 1.25. The zero-order valence-electron chi connectivity index (χ0n) is 9.04. The number of pyridine rings is 1. The third kappa shape index (κ3) is 2.70. The fourth-order valence-corrected chi connectivity index (χ4v) is 1.25. The highest BCUT2D eigenvalue weighted by molar-refractivity contribution is 5.44. The highest BCUT2D eigenvalue weighted by Gasteiger charge is 2.04. The van der Waals surface area contributed by atoms with Crippen LogP contribution in [0.15, 0.2) is 12.3 Å². The van der Waals surface area contributed by atoms with Crippen molar-refractivity contribution in [3.63, 3.8) is 0 Å². The lowest BCUT2D eigenvalue weighted by molar-refractivity contribution is 0.199. The molecule has 14 heavy (non-hydrogen) atoms. The Morgan fingerprint density at radius 2 is 2.29 bits per heavy atom. The Bertz CT molecular complexity index is 297. The normalized spacial score (nSPS) is 12.6. The van der Waals surface area contributed by atoms with E-state index >= 15 is 0 Å². The Hall–Kier alpha value is -1.09. The second-order valence-electron chi connectivity index (χ2n) is 3.54. The van der Waals surface area contributed by atoms with E-state index in [1.54, 1.807) is 13.1 Å². The number of aliphatic hydroxyl groups is 1. The van der Waals surface area contributed by atoms with Gasteiger partial charge in [-0.05, 0) is 37.5 Å². The van der Waals surface area contributed by atoms with Crippen LogP contribution in [0.25, 0.3) is 0 Å². The van der Waals surface area contributed by atoms with Gasteiger partial charge in [0.15, 0.2) is 0 Å². The smallest absolute Gasteiger partial charge is 0.128 e. The van der Waals surface area contributed by atoms with E-state index in [0.29, 0.717) is 0 Å². The Labute approximate surface area is 85.2 Å². The van der Waals surface area contributed by atoms with Gasteiger partial charge in [0, 0.05) is 12.7 Å². The van der Waals surface area contributed by atoms with Crippen molar-refractivity contribution in [1.82, 2.24) is 4.98 Å². The number of aliphatic hydroxyl groups excluding tert-OH is 1. The maximum Gasteiger partial charge on any atom is 0.128 e. The molecule has 1 atom stereocenters. The van der Waals surface area contributed by atoms with Crippen LogP contribution in [0.3, 0.4) is 0 Å². The van der Waals surface area contributed by atoms with Crippen molar-refractivity contribution in [3.8, 4) is 0 Å². The molecule has 0 aliphatic heterocycles. The molecule has 0 saturated carbocycles. The van der Waals surface area contributed by atoms with E-state index in [1.165, 1.54) is 0 Å². The van der Waals surface area contributed by atoms with Gasteiger partial charge in [0.25, 0.3) is 0 Å². The zero-order valence-corrected chi connectivity index (χ0v) is 9.04. The molecule has 3 nitrogen and oxygen atoms in total. The molecule has 0 spiro atoms. The van der Waals surface area contributed by atoms with Gasteiger partial charge in [-0.1, -0.05) is 6.92 Å². The average Bonchev–Trinajstić information content (AvgIpc) is 2.15. The molecule has 1 heterocycles. The van der Waals surface area contributed by atoms with Crippen molar-refractivity contribution in [2.45, 2.75) is 33.3 Å². The SMILES string of the molecule is CCCNc1ncc([C@@H](C)O)cc1C. The Kier molecular flexibility index (Phi) is 3.89. The minimum Gasteiger partial charge on any atom is -0.389 e. The van der Waals surface area contributed by atoms with E-state index in [-0.39, 0.29) is 0 Å². The Balaban J connectivity index is 2.79. The number of nitrogens with zero attached hydrogens (tertiary/aromatic N) is 1. The van der Waals surface area contributed by atoms with Crippen molar-refractivity contribution in [1.29, 1.82) is 0 Å². The van der Waals surface area contributed by atoms with Crippen LogP contribution < -0.4 is 5.32 Å². The van der Waals surface area contributed by atoms with Crippen molar-refractivity contribution in [2.24, 2.45) is 0 Å². The second-order valence-corrected chi connectivity index (χ2v) is 3.54. The van der Waals surface area contributed by atoms with Gasteiger partial charge in [-0.2, -0.15) is 0 Å². The number of hydrogen-bond donors (Lipinski definition) is 2. The van der Waals surface area contributed by atoms with Gasteiger partial charge < -0.3 is 10.4 Å². The van der Waals surface area contributed by atoms with E-state index in [9.17, 15) is 5.11 Å². The summed E-state index contributed by atoms with van der Waals surface area (Å²) in [7, 11) is 0. The molecule has 0 aliphatic carbocycles. The third-order valence-electron chi connectivity index (χ3n) is 2.12. The lowest BCUT2D eigenvalue weighted by Crippen LogP contribution is -2.05. The lowest BCUT2D eigenvalue weighted by atomic mass is 10.1. The van der Waals surface area contributed by atoms with Crippen LogP contribution in [-0.4, -0.2) is 16.6 Å². The monoisotopic (exact) mass is 194 g/mol. The molecule has 0 amide bonds. The quantitative estimate of drug-likeness (QED) is 0.772. The Morgan fingerprint density at radius 3 is 2.79 bits per heavy atom. The highest BCUT2D eigenvalue weighted by atomic mass is 16.3. The molecule has 3 heteroatoms. The molecule has 2 N–H and O–H groups in total. The van der Waals surface area contributed by atoms with Crippen molar-refractivity contribution in [3.05, 3.63) is 23.4 Å². The van der Waals surface area contributed by atoms with E-state index in [1.807, 2.05) is 13.0 Å². The van der Waals surface area contributed by atoms with Gasteiger partial charge in [-0.15, -0.1) is 0 Å². The number of hydrogen-bond acceptors (Lipinski definition) is 3. The molecule has 0 aromatic carbocycles. The van der Waals surface area contributed by atoms with Gasteiger partial charge in [0.05, 0.1) is 6.10 Å². The molecule has 0 saturated heterocycles. The van der Waals surface area contributed by atoms with Gasteiger partial charge >= 0.3 is 0 Å². The maximum absolute atomic E-state index is 9.35. The van der Waals surface area contributed by atoms with Crippen molar-refractivity contribution >= 4 is 5.82 Å². The molecule has 78 valence electrons. The van der Waals surface area contributed by atoms with Gasteiger partial charge in [0.2, 0.25) is 0 Å². The van der Waals surface area contributed by atoms with Gasteiger partial charge in [-0.25, -0.2) is 4.98 Å². The summed E-state index contributed by atoms with van der Waals surface area (Å²) in [6, 6.07) is 1.97. The van der Waals surface area contributed by atoms with Crippen LogP contribution in [0.4, 0.5) is 5.82 Å². The van der Waals surface area contributed by atoms with Crippen LogP contribution in [-0.2, 0) is 0 Å². The molecular weight excluding hydrogens is 176 g/mol. The zero-order chi connectivity index (χ0) is 10.6. The van der Waals surface area contributed by atoms with Crippen LogP contribution in [0.1, 0.15) is 37.5 Å². The molecular formula is C11H18N2O. The minimum atomic E-state index is -0.443. The standard InChI is InChI=1S/C11H18N2O/c1-4-5-12-11-8(2)6-10(7-13-11)9(3)14/h6-7,9,14H,4-5H2,1-3H3,(H,12,13)/t9-/m1/s1. The van der Waals surface area contributed by atoms with Crippen molar-refractivity contribution < 1.29 is 5.11 Å². The first kappa shape index (κ1) is 11.0. The van der Waals surface area contributed by atoms with Gasteiger partial charge in [0.1, 0.15) is 5.82 Å². The molecule has 0 radical (unpaired) electrons. The summed E-state index contributed by atoms with van der Waals surface area (Å²) in [4.78, 5) is 4.27. The summed E-state index contributed by atoms with van der Waals surface area (Å²) in [5.74, 6) is 0.913. The summed E-state index contributed by atoms with van der Waals surface area (Å²) in [6.45, 7) is 6.79. The number of anilines is 1. The number of nitrogens with one attached hydrogen (secondary N) is 1. The molecule has 1 aromatic rings. The first-order valence-electron chi connectivity index (χ1n) is 5.03. The van der Waals surface area contributed by atoms with Crippen LogP contribution in [0.5, 0.6) is 0 Å². The van der Waals surface area contributed by atoms with E-state index in [0.717, 1.165) is 29.9 Å². The topological polar surface area (TPSA) is 45.2 Å². The number of aromatic nitrogens is 1. The van der Waals surface area contributed by atoms with E-state index in [4.69, 9.17) is 0 Å². The predicted molar refractivity (Wildman–Crippen MR) is 58.4 cm³/mol. The van der Waals surface area contributed by atoms with Crippen molar-refractivity contribution in [2.75, 3.05) is 11.9 Å². The lowest BCUT2D eigenvalue weighted by Gasteiger charge is -2.10. The molecule has 1 aromatic heterocycles. The molecule has 0 aliphatic rings. The number of aryl methyl sites for hydroxylation is 1. The first-order valence-corrected chi connectivity index (χ1v) is 5.03. The average molecular weight is 194 g/mol. The minimum absolute atomic E-state index is 0.443. The van der Waals surface area contributed by atoms with E-state index in [2.05, 4.69) is 17.2 Å². The summed E-state index contributed by atoms with van der Waals surface area (Å²) in [5.41, 5.74) is 1.95. The summed E-state index contributed by atoms with van der Waals surface area (Å²) in [6.07, 6.45) is 2.36. The molecule has 0 unspecified atom stereocenters. The van der Waals surface area contributed by atoms with Crippen LogP contribution in [0.2, 0.25) is 0 Å². The van der Waals surface area contributed by atoms with Gasteiger partial charge in [-0.3, -0.25) is 0 Å². The van der Waals surface area contributed by atoms with Crippen LogP contribution >= 0.6 is 0 Å². The highest BCUT2D eigenvalue weighted by Crippen LogP contribution is 2.17. The summed E-state index contributed by atoms with van der Waals surface area (Å²) >= 11 is 0. The predicted octanol–water partition coefficient (Wildman–Crippen LogP) is 2.27. The van der Waals surface area contributed by atoms with E-state index < -0.39 is 6.10 Å². The summed E-state index contributed by atoms with van der Waals surface area (Å²) in [5, 5.41) is 12.6. The van der Waals surface area contributed by atoms with Crippen LogP contribution in [0, 0.1) is 6.92 Å².